The summed E-state index contributed by atoms with van der Waals surface area (Å²) in [5.74, 6) is -1.03. The Morgan fingerprint density at radius 2 is 1.66 bits per heavy atom. The monoisotopic (exact) mass is 494 g/mol. The molecule has 0 aliphatic carbocycles. The Balaban J connectivity index is 1.57. The predicted molar refractivity (Wildman–Crippen MR) is 120 cm³/mol. The fourth-order valence-electron chi connectivity index (χ4n) is 2.65. The van der Waals surface area contributed by atoms with E-state index >= 15 is 0 Å². The summed E-state index contributed by atoms with van der Waals surface area (Å²) in [7, 11) is 0. The summed E-state index contributed by atoms with van der Waals surface area (Å²) in [6, 6.07) is 0. The molecule has 0 fully saturated rings. The number of aromatic nitrogens is 5. The molecule has 0 unspecified atom stereocenters. The van der Waals surface area contributed by atoms with Gasteiger partial charge in [0.1, 0.15) is 5.69 Å². The van der Waals surface area contributed by atoms with Crippen molar-refractivity contribution in [3.63, 3.8) is 0 Å². The normalized spacial score (nSPS) is 10.8. The Morgan fingerprint density at radius 1 is 1.00 bits per heavy atom. The highest BCUT2D eigenvalue weighted by Gasteiger charge is 2.16. The van der Waals surface area contributed by atoms with Gasteiger partial charge in [-0.2, -0.15) is 0 Å². The summed E-state index contributed by atoms with van der Waals surface area (Å²) >= 11 is 13.6. The second-order valence-electron chi connectivity index (χ2n) is 6.65. The van der Waals surface area contributed by atoms with Crippen molar-refractivity contribution in [2.24, 2.45) is 0 Å². The zero-order valence-corrected chi connectivity index (χ0v) is 19.7. The summed E-state index contributed by atoms with van der Waals surface area (Å²) in [6.07, 6.45) is 5.88. The number of halogens is 2. The van der Waals surface area contributed by atoms with Crippen molar-refractivity contribution in [3.8, 4) is 0 Å². The molecular weight excluding hydrogens is 475 g/mol. The molecule has 168 valence electrons. The van der Waals surface area contributed by atoms with Gasteiger partial charge < -0.3 is 10.1 Å². The maximum atomic E-state index is 12.4. The average Bonchev–Trinajstić information content (AvgIpc) is 3.20. The third-order valence-corrected chi connectivity index (χ3v) is 5.72. The minimum atomic E-state index is -0.635. The van der Waals surface area contributed by atoms with E-state index in [2.05, 4.69) is 30.2 Å². The lowest BCUT2D eigenvalue weighted by Crippen LogP contribution is -2.24. The molecule has 0 aliphatic rings. The van der Waals surface area contributed by atoms with Gasteiger partial charge in [0.15, 0.2) is 16.0 Å². The van der Waals surface area contributed by atoms with Gasteiger partial charge in [-0.05, 0) is 13.3 Å². The highest BCUT2D eigenvalue weighted by atomic mass is 35.5. The molecule has 0 bridgehead atoms. The van der Waals surface area contributed by atoms with Crippen LogP contribution in [0.25, 0.3) is 0 Å². The highest BCUT2D eigenvalue weighted by Crippen LogP contribution is 2.15. The van der Waals surface area contributed by atoms with Crippen LogP contribution in [-0.2, 0) is 24.1 Å². The van der Waals surface area contributed by atoms with Crippen LogP contribution in [0.15, 0.2) is 18.6 Å². The SMILES string of the molecule is CCCc1nc(C(=O)OCCc2nc(C(=O)NCc3cnc(C)s3)cnc2Cl)cnc1Cl. The lowest BCUT2D eigenvalue weighted by Gasteiger charge is -2.08. The standard InChI is InChI=1S/C20H20Cl2N6O3S/c1-3-4-13-17(21)25-10-16(28-13)20(30)31-6-5-14-18(22)24-9-15(27-14)19(29)26-8-12-7-23-11(2)32-12/h7,9-10H,3-6,8H2,1-2H3,(H,26,29). The quantitative estimate of drug-likeness (QED) is 0.447. The van der Waals surface area contributed by atoms with Gasteiger partial charge in [0.05, 0.1) is 41.9 Å². The number of carbonyl (C=O) groups excluding carboxylic acids is 2. The maximum absolute atomic E-state index is 12.4. The van der Waals surface area contributed by atoms with Gasteiger partial charge in [-0.1, -0.05) is 36.5 Å². The first kappa shape index (κ1) is 24.0. The molecular formula is C20H20Cl2N6O3S. The number of thiazole rings is 1. The van der Waals surface area contributed by atoms with Crippen LogP contribution in [0.2, 0.25) is 10.3 Å². The number of nitrogens with zero attached hydrogens (tertiary/aromatic N) is 5. The number of nitrogens with one attached hydrogen (secondary N) is 1. The predicted octanol–water partition coefficient (Wildman–Crippen LogP) is 3.62. The van der Waals surface area contributed by atoms with Crippen molar-refractivity contribution in [2.45, 2.75) is 39.7 Å². The summed E-state index contributed by atoms with van der Waals surface area (Å²) in [5.41, 5.74) is 1.07. The molecule has 1 amide bonds. The van der Waals surface area contributed by atoms with Crippen molar-refractivity contribution < 1.29 is 14.3 Å². The van der Waals surface area contributed by atoms with Crippen molar-refractivity contribution in [3.05, 3.63) is 61.6 Å². The van der Waals surface area contributed by atoms with Crippen molar-refractivity contribution >= 4 is 46.4 Å². The first-order valence-electron chi connectivity index (χ1n) is 9.76. The van der Waals surface area contributed by atoms with Crippen LogP contribution in [0.4, 0.5) is 0 Å². The Bertz CT molecular complexity index is 1120. The Kier molecular flexibility index (Phi) is 8.43. The number of carbonyl (C=O) groups is 2. The molecule has 1 N–H and O–H groups in total. The van der Waals surface area contributed by atoms with Gasteiger partial charge in [-0.3, -0.25) is 4.79 Å². The van der Waals surface area contributed by atoms with Crippen molar-refractivity contribution in [1.82, 2.24) is 30.2 Å². The Labute approximate surface area is 198 Å². The molecule has 3 rings (SSSR count). The number of rotatable bonds is 9. The van der Waals surface area contributed by atoms with Crippen molar-refractivity contribution in [2.75, 3.05) is 6.61 Å². The molecule has 3 heterocycles. The van der Waals surface area contributed by atoms with E-state index in [4.69, 9.17) is 27.9 Å². The molecule has 0 saturated carbocycles. The molecule has 3 aromatic rings. The summed E-state index contributed by atoms with van der Waals surface area (Å²) in [5, 5.41) is 4.09. The molecule has 9 nitrogen and oxygen atoms in total. The first-order valence-corrected chi connectivity index (χ1v) is 11.3. The molecule has 0 saturated heterocycles. The summed E-state index contributed by atoms with van der Waals surface area (Å²) in [6.45, 7) is 4.18. The number of aryl methyl sites for hydroxylation is 2. The van der Waals surface area contributed by atoms with E-state index < -0.39 is 11.9 Å². The molecule has 0 atom stereocenters. The number of amides is 1. The van der Waals surface area contributed by atoms with Gasteiger partial charge in [-0.15, -0.1) is 11.3 Å². The molecule has 3 aromatic heterocycles. The lowest BCUT2D eigenvalue weighted by molar-refractivity contribution is 0.0500. The summed E-state index contributed by atoms with van der Waals surface area (Å²) < 4.78 is 5.25. The van der Waals surface area contributed by atoms with Crippen LogP contribution < -0.4 is 5.32 Å². The van der Waals surface area contributed by atoms with E-state index in [1.165, 1.54) is 23.7 Å². The van der Waals surface area contributed by atoms with Gasteiger partial charge in [0, 0.05) is 17.5 Å². The minimum absolute atomic E-state index is 0.0220. The minimum Gasteiger partial charge on any atom is -0.461 e. The third kappa shape index (κ3) is 6.41. The molecule has 0 aromatic carbocycles. The number of hydrogen-bond acceptors (Lipinski definition) is 9. The van der Waals surface area contributed by atoms with Gasteiger partial charge >= 0.3 is 5.97 Å². The van der Waals surface area contributed by atoms with E-state index in [0.29, 0.717) is 24.4 Å². The van der Waals surface area contributed by atoms with Crippen LogP contribution in [0, 0.1) is 6.92 Å². The smallest absolute Gasteiger partial charge is 0.358 e. The van der Waals surface area contributed by atoms with Crippen molar-refractivity contribution in [1.29, 1.82) is 0 Å². The van der Waals surface area contributed by atoms with Crippen LogP contribution >= 0.6 is 34.5 Å². The largest absolute Gasteiger partial charge is 0.461 e. The molecule has 0 radical (unpaired) electrons. The topological polar surface area (TPSA) is 120 Å². The second kappa shape index (κ2) is 11.3. The maximum Gasteiger partial charge on any atom is 0.358 e. The Morgan fingerprint density at radius 3 is 2.31 bits per heavy atom. The highest BCUT2D eigenvalue weighted by molar-refractivity contribution is 7.11. The van der Waals surface area contributed by atoms with E-state index in [-0.39, 0.29) is 34.7 Å². The van der Waals surface area contributed by atoms with Crippen LogP contribution in [0.1, 0.15) is 55.6 Å². The molecule has 0 aliphatic heterocycles. The zero-order valence-electron chi connectivity index (χ0n) is 17.4. The molecule has 0 spiro atoms. The van der Waals surface area contributed by atoms with Crippen LogP contribution in [0.3, 0.4) is 0 Å². The van der Waals surface area contributed by atoms with E-state index in [1.54, 1.807) is 6.20 Å². The molecule has 32 heavy (non-hydrogen) atoms. The number of esters is 1. The van der Waals surface area contributed by atoms with E-state index in [9.17, 15) is 9.59 Å². The van der Waals surface area contributed by atoms with Gasteiger partial charge in [0.2, 0.25) is 0 Å². The fraction of sp³-hybridized carbons (Fsp3) is 0.350. The van der Waals surface area contributed by atoms with Gasteiger partial charge in [-0.25, -0.2) is 29.7 Å². The Hall–Kier alpha value is -2.69. The van der Waals surface area contributed by atoms with Gasteiger partial charge in [0.25, 0.3) is 5.91 Å². The first-order chi connectivity index (χ1) is 15.4. The number of hydrogen-bond donors (Lipinski definition) is 1. The molecule has 12 heteroatoms. The van der Waals surface area contributed by atoms with Crippen LogP contribution in [-0.4, -0.2) is 43.4 Å². The van der Waals surface area contributed by atoms with E-state index in [1.807, 2.05) is 13.8 Å². The zero-order chi connectivity index (χ0) is 23.1. The average molecular weight is 495 g/mol. The summed E-state index contributed by atoms with van der Waals surface area (Å²) in [4.78, 5) is 46.2. The second-order valence-corrected chi connectivity index (χ2v) is 8.69. The third-order valence-electron chi connectivity index (χ3n) is 4.18. The van der Waals surface area contributed by atoms with Crippen LogP contribution in [0.5, 0.6) is 0 Å². The number of ether oxygens (including phenoxy) is 1. The van der Waals surface area contributed by atoms with E-state index in [0.717, 1.165) is 16.3 Å². The lowest BCUT2D eigenvalue weighted by atomic mass is 10.2. The fourth-order valence-corrected chi connectivity index (χ4v) is 3.75.